The Bertz CT molecular complexity index is 1170. The van der Waals surface area contributed by atoms with Crippen molar-refractivity contribution >= 4 is 39.7 Å². The molecular formula is C24H18BrN3O3. The van der Waals surface area contributed by atoms with E-state index in [1.165, 1.54) is 5.01 Å². The number of carbonyl (C=O) groups excluding carboxylic acids is 2. The summed E-state index contributed by atoms with van der Waals surface area (Å²) in [5.74, 6) is 0.103. The van der Waals surface area contributed by atoms with Crippen molar-refractivity contribution in [3.05, 3.63) is 106 Å². The van der Waals surface area contributed by atoms with Crippen LogP contribution in [0.1, 0.15) is 21.5 Å². The first-order valence-corrected chi connectivity index (χ1v) is 10.3. The van der Waals surface area contributed by atoms with E-state index in [-0.39, 0.29) is 5.70 Å². The summed E-state index contributed by atoms with van der Waals surface area (Å²) in [4.78, 5) is 30.5. The third kappa shape index (κ3) is 4.57. The second-order valence-corrected chi connectivity index (χ2v) is 7.61. The SMILES string of the molecule is COc1ccc(C(=O)N2NC(=O)/C(=C/c3ccc(Br)cc3)N=C2c2ccccc2)cc1. The molecule has 0 unspecified atom stereocenters. The fourth-order valence-electron chi connectivity index (χ4n) is 3.03. The van der Waals surface area contributed by atoms with E-state index >= 15 is 0 Å². The topological polar surface area (TPSA) is 71.0 Å². The number of nitrogens with one attached hydrogen (secondary N) is 1. The Labute approximate surface area is 188 Å². The van der Waals surface area contributed by atoms with Crippen LogP contribution in [0.3, 0.4) is 0 Å². The number of amidine groups is 1. The number of hydrogen-bond donors (Lipinski definition) is 1. The van der Waals surface area contributed by atoms with Crippen molar-refractivity contribution in [2.24, 2.45) is 4.99 Å². The molecule has 4 rings (SSSR count). The van der Waals surface area contributed by atoms with Crippen molar-refractivity contribution in [1.29, 1.82) is 0 Å². The monoisotopic (exact) mass is 475 g/mol. The van der Waals surface area contributed by atoms with Gasteiger partial charge in [0, 0.05) is 15.6 Å². The molecule has 1 aliphatic rings. The van der Waals surface area contributed by atoms with E-state index in [0.717, 1.165) is 10.0 Å². The number of carbonyl (C=O) groups is 2. The zero-order chi connectivity index (χ0) is 21.8. The quantitative estimate of drug-likeness (QED) is 0.567. The number of methoxy groups -OCH3 is 1. The van der Waals surface area contributed by atoms with Gasteiger partial charge in [0.25, 0.3) is 11.8 Å². The number of amides is 2. The van der Waals surface area contributed by atoms with Crippen LogP contribution in [0.15, 0.2) is 94.0 Å². The molecular weight excluding hydrogens is 458 g/mol. The number of hydrogen-bond acceptors (Lipinski definition) is 4. The second kappa shape index (κ2) is 8.97. The highest BCUT2D eigenvalue weighted by atomic mass is 79.9. The van der Waals surface area contributed by atoms with Gasteiger partial charge in [-0.05, 0) is 48.0 Å². The van der Waals surface area contributed by atoms with Gasteiger partial charge in [-0.25, -0.2) is 4.99 Å². The fourth-order valence-corrected chi connectivity index (χ4v) is 3.30. The van der Waals surface area contributed by atoms with Gasteiger partial charge in [0.15, 0.2) is 5.84 Å². The van der Waals surface area contributed by atoms with E-state index in [9.17, 15) is 9.59 Å². The van der Waals surface area contributed by atoms with Crippen LogP contribution >= 0.6 is 15.9 Å². The Hall–Kier alpha value is -3.71. The molecule has 3 aromatic carbocycles. The molecule has 1 heterocycles. The number of hydrazine groups is 1. The molecule has 0 aromatic heterocycles. The minimum absolute atomic E-state index is 0.208. The molecule has 0 saturated carbocycles. The number of nitrogens with zero attached hydrogens (tertiary/aromatic N) is 2. The summed E-state index contributed by atoms with van der Waals surface area (Å²) in [5, 5.41) is 1.18. The minimum Gasteiger partial charge on any atom is -0.497 e. The Morgan fingerprint density at radius 2 is 1.68 bits per heavy atom. The first-order valence-electron chi connectivity index (χ1n) is 9.46. The summed E-state index contributed by atoms with van der Waals surface area (Å²) < 4.78 is 6.09. The predicted octanol–water partition coefficient (Wildman–Crippen LogP) is 4.43. The van der Waals surface area contributed by atoms with Gasteiger partial charge in [-0.2, -0.15) is 5.01 Å². The molecule has 0 fully saturated rings. The van der Waals surface area contributed by atoms with Crippen LogP contribution in [0.5, 0.6) is 5.75 Å². The summed E-state index contributed by atoms with van der Waals surface area (Å²) in [5.41, 5.74) is 4.80. The van der Waals surface area contributed by atoms with Gasteiger partial charge in [-0.1, -0.05) is 58.4 Å². The molecule has 2 amide bonds. The van der Waals surface area contributed by atoms with E-state index < -0.39 is 11.8 Å². The smallest absolute Gasteiger partial charge is 0.288 e. The molecule has 154 valence electrons. The van der Waals surface area contributed by atoms with E-state index in [1.807, 2.05) is 54.6 Å². The van der Waals surface area contributed by atoms with E-state index in [0.29, 0.717) is 22.7 Å². The van der Waals surface area contributed by atoms with Crippen LogP contribution in [0.2, 0.25) is 0 Å². The Morgan fingerprint density at radius 1 is 1.00 bits per heavy atom. The average molecular weight is 476 g/mol. The molecule has 31 heavy (non-hydrogen) atoms. The van der Waals surface area contributed by atoms with Crippen molar-refractivity contribution < 1.29 is 14.3 Å². The number of rotatable bonds is 4. The van der Waals surface area contributed by atoms with Gasteiger partial charge in [-0.3, -0.25) is 15.0 Å². The normalized spacial score (nSPS) is 14.8. The third-order valence-electron chi connectivity index (χ3n) is 4.63. The Balaban J connectivity index is 1.75. The molecule has 6 nitrogen and oxygen atoms in total. The summed E-state index contributed by atoms with van der Waals surface area (Å²) >= 11 is 3.40. The lowest BCUT2D eigenvalue weighted by Gasteiger charge is -2.28. The van der Waals surface area contributed by atoms with E-state index in [4.69, 9.17) is 4.74 Å². The van der Waals surface area contributed by atoms with E-state index in [1.54, 1.807) is 37.5 Å². The first-order chi connectivity index (χ1) is 15.0. The maximum Gasteiger partial charge on any atom is 0.288 e. The van der Waals surface area contributed by atoms with Crippen LogP contribution in [0.4, 0.5) is 0 Å². The van der Waals surface area contributed by atoms with Gasteiger partial charge in [0.2, 0.25) is 0 Å². The fraction of sp³-hybridized carbons (Fsp3) is 0.0417. The number of aliphatic imine (C=N–C) groups is 1. The van der Waals surface area contributed by atoms with Crippen LogP contribution in [-0.4, -0.2) is 29.8 Å². The molecule has 7 heteroatoms. The van der Waals surface area contributed by atoms with Crippen LogP contribution in [0, 0.1) is 0 Å². The van der Waals surface area contributed by atoms with Crippen molar-refractivity contribution in [2.75, 3.05) is 7.11 Å². The summed E-state index contributed by atoms with van der Waals surface area (Å²) in [7, 11) is 1.56. The Kier molecular flexibility index (Phi) is 5.95. The lowest BCUT2D eigenvalue weighted by molar-refractivity contribution is -0.120. The number of benzene rings is 3. The lowest BCUT2D eigenvalue weighted by atomic mass is 10.1. The van der Waals surface area contributed by atoms with Gasteiger partial charge in [0.1, 0.15) is 11.4 Å². The zero-order valence-electron chi connectivity index (χ0n) is 16.6. The highest BCUT2D eigenvalue weighted by Crippen LogP contribution is 2.20. The van der Waals surface area contributed by atoms with Gasteiger partial charge in [0.05, 0.1) is 7.11 Å². The molecule has 0 aliphatic carbocycles. The molecule has 0 atom stereocenters. The maximum atomic E-state index is 13.2. The average Bonchev–Trinajstić information content (AvgIpc) is 2.81. The molecule has 1 aliphatic heterocycles. The first kappa shape index (κ1) is 20.6. The highest BCUT2D eigenvalue weighted by Gasteiger charge is 2.30. The molecule has 3 aromatic rings. The van der Waals surface area contributed by atoms with Gasteiger partial charge >= 0.3 is 0 Å². The molecule has 1 N–H and O–H groups in total. The molecule has 0 spiro atoms. The summed E-state index contributed by atoms with van der Waals surface area (Å²) in [6.07, 6.45) is 1.68. The molecule has 0 saturated heterocycles. The van der Waals surface area contributed by atoms with Gasteiger partial charge in [-0.15, -0.1) is 0 Å². The van der Waals surface area contributed by atoms with Crippen molar-refractivity contribution in [2.45, 2.75) is 0 Å². The van der Waals surface area contributed by atoms with Crippen LogP contribution in [0.25, 0.3) is 6.08 Å². The van der Waals surface area contributed by atoms with Crippen molar-refractivity contribution in [3.63, 3.8) is 0 Å². The predicted molar refractivity (Wildman–Crippen MR) is 122 cm³/mol. The van der Waals surface area contributed by atoms with Crippen LogP contribution < -0.4 is 10.2 Å². The van der Waals surface area contributed by atoms with Crippen molar-refractivity contribution in [1.82, 2.24) is 10.4 Å². The summed E-state index contributed by atoms with van der Waals surface area (Å²) in [6.45, 7) is 0. The highest BCUT2D eigenvalue weighted by molar-refractivity contribution is 9.10. The maximum absolute atomic E-state index is 13.2. The third-order valence-corrected chi connectivity index (χ3v) is 5.16. The standard InChI is InChI=1S/C24H18BrN3O3/c1-31-20-13-9-18(10-14-20)24(30)28-22(17-5-3-2-4-6-17)26-21(23(29)27-28)15-16-7-11-19(25)12-8-16/h2-15H,1H3,(H,27,29)/b21-15-. The number of ether oxygens (including phenoxy) is 1. The second-order valence-electron chi connectivity index (χ2n) is 6.69. The minimum atomic E-state index is -0.468. The van der Waals surface area contributed by atoms with Gasteiger partial charge < -0.3 is 4.74 Å². The zero-order valence-corrected chi connectivity index (χ0v) is 18.2. The molecule has 0 radical (unpaired) electrons. The van der Waals surface area contributed by atoms with Crippen LogP contribution in [-0.2, 0) is 4.79 Å². The largest absolute Gasteiger partial charge is 0.497 e. The van der Waals surface area contributed by atoms with Crippen molar-refractivity contribution in [3.8, 4) is 5.75 Å². The Morgan fingerprint density at radius 3 is 2.32 bits per heavy atom. The molecule has 0 bridgehead atoms. The summed E-state index contributed by atoms with van der Waals surface area (Å²) in [6, 6.07) is 23.4. The number of halogens is 1. The van der Waals surface area contributed by atoms with E-state index in [2.05, 4.69) is 26.3 Å². The lowest BCUT2D eigenvalue weighted by Crippen LogP contribution is -2.53.